The van der Waals surface area contributed by atoms with Crippen molar-refractivity contribution in [1.82, 2.24) is 14.8 Å². The molecule has 1 aliphatic carbocycles. The first-order valence-electron chi connectivity index (χ1n) is 9.90. The smallest absolute Gasteiger partial charge is 0.249 e. The van der Waals surface area contributed by atoms with Gasteiger partial charge in [0.2, 0.25) is 5.91 Å². The summed E-state index contributed by atoms with van der Waals surface area (Å²) in [5.41, 5.74) is 2.27. The summed E-state index contributed by atoms with van der Waals surface area (Å²) in [6, 6.07) is 4.38. The minimum absolute atomic E-state index is 0.253. The van der Waals surface area contributed by atoms with E-state index in [9.17, 15) is 4.79 Å². The van der Waals surface area contributed by atoms with Crippen molar-refractivity contribution in [3.63, 3.8) is 0 Å². The zero-order valence-corrected chi connectivity index (χ0v) is 15.6. The fourth-order valence-corrected chi connectivity index (χ4v) is 4.88. The van der Waals surface area contributed by atoms with E-state index in [4.69, 9.17) is 4.74 Å². The lowest BCUT2D eigenvalue weighted by Gasteiger charge is -2.41. The van der Waals surface area contributed by atoms with Crippen LogP contribution in [-0.2, 0) is 16.1 Å². The summed E-state index contributed by atoms with van der Waals surface area (Å²) in [4.78, 5) is 22.0. The molecule has 5 heteroatoms. The lowest BCUT2D eigenvalue weighted by atomic mass is 9.87. The Hall–Kier alpha value is -1.72. The second-order valence-corrected chi connectivity index (χ2v) is 7.82. The first-order valence-corrected chi connectivity index (χ1v) is 9.90. The van der Waals surface area contributed by atoms with Gasteiger partial charge in [-0.2, -0.15) is 0 Å². The summed E-state index contributed by atoms with van der Waals surface area (Å²) < 4.78 is 5.79. The monoisotopic (exact) mass is 355 g/mol. The van der Waals surface area contributed by atoms with E-state index in [1.807, 2.05) is 25.6 Å². The Kier molecular flexibility index (Phi) is 5.36. The highest BCUT2D eigenvalue weighted by Gasteiger charge is 2.46. The topological polar surface area (TPSA) is 45.7 Å². The van der Waals surface area contributed by atoms with Crippen LogP contribution in [0.2, 0.25) is 0 Å². The van der Waals surface area contributed by atoms with Gasteiger partial charge < -0.3 is 9.64 Å². The van der Waals surface area contributed by atoms with Gasteiger partial charge in [-0.1, -0.05) is 12.1 Å². The number of likely N-dealkylation sites (tertiary alicyclic amines) is 2. The molecule has 1 amide bonds. The Bertz CT molecular complexity index is 660. The summed E-state index contributed by atoms with van der Waals surface area (Å²) in [7, 11) is 1.81. The van der Waals surface area contributed by atoms with Gasteiger partial charge in [0.15, 0.2) is 0 Å². The summed E-state index contributed by atoms with van der Waals surface area (Å²) >= 11 is 0. The molecule has 3 atom stereocenters. The molecular weight excluding hydrogens is 326 g/mol. The van der Waals surface area contributed by atoms with E-state index in [1.54, 1.807) is 0 Å². The van der Waals surface area contributed by atoms with Crippen molar-refractivity contribution in [2.45, 2.75) is 50.8 Å². The highest BCUT2D eigenvalue weighted by Crippen LogP contribution is 2.34. The number of amides is 1. The average Bonchev–Trinajstić information content (AvgIpc) is 3.11. The Balaban J connectivity index is 1.50. The number of ether oxygens (including phenoxy) is 1. The van der Waals surface area contributed by atoms with Crippen LogP contribution < -0.4 is 0 Å². The number of carbonyl (C=O) groups is 1. The summed E-state index contributed by atoms with van der Waals surface area (Å²) in [6.07, 6.45) is 11.5. The van der Waals surface area contributed by atoms with Gasteiger partial charge in [-0.05, 0) is 43.7 Å². The number of nitrogens with zero attached hydrogens (tertiary/aromatic N) is 3. The van der Waals surface area contributed by atoms with Crippen LogP contribution in [0.25, 0.3) is 0 Å². The van der Waals surface area contributed by atoms with Crippen molar-refractivity contribution in [3.05, 3.63) is 41.7 Å². The summed E-state index contributed by atoms with van der Waals surface area (Å²) in [5, 5.41) is 0. The van der Waals surface area contributed by atoms with Crippen molar-refractivity contribution >= 4 is 5.91 Å². The van der Waals surface area contributed by atoms with E-state index in [1.165, 1.54) is 12.0 Å². The molecule has 3 heterocycles. The van der Waals surface area contributed by atoms with Gasteiger partial charge in [-0.3, -0.25) is 14.7 Å². The Morgan fingerprint density at radius 3 is 3.00 bits per heavy atom. The van der Waals surface area contributed by atoms with E-state index < -0.39 is 0 Å². The molecular formula is C21H29N3O2. The molecule has 1 aromatic rings. The van der Waals surface area contributed by atoms with E-state index >= 15 is 0 Å². The molecule has 140 valence electrons. The lowest BCUT2D eigenvalue weighted by Crippen LogP contribution is -2.54. The fraction of sp³-hybridized carbons (Fsp3) is 0.619. The Morgan fingerprint density at radius 1 is 1.35 bits per heavy atom. The maximum Gasteiger partial charge on any atom is 0.249 e. The Morgan fingerprint density at radius 2 is 2.27 bits per heavy atom. The number of hydrogen-bond donors (Lipinski definition) is 0. The standard InChI is InChI=1S/C21H29N3O2/c1-26-20-9-11-24(21(25)17-7-3-2-4-8-17)19-15-23(14-18(19)20)13-16-6-5-10-22-12-16/h5-7,10,12,18-20H,2-4,8-9,11,13-15H2,1H3/t18-,19+,20-/m0/s1. The third-order valence-corrected chi connectivity index (χ3v) is 6.20. The molecule has 26 heavy (non-hydrogen) atoms. The number of allylic oxidation sites excluding steroid dienone is 1. The molecule has 2 saturated heterocycles. The third-order valence-electron chi connectivity index (χ3n) is 6.20. The minimum Gasteiger partial charge on any atom is -0.381 e. The first kappa shape index (κ1) is 17.7. The zero-order valence-electron chi connectivity index (χ0n) is 15.6. The number of pyridine rings is 1. The molecule has 0 N–H and O–H groups in total. The predicted molar refractivity (Wildman–Crippen MR) is 100 cm³/mol. The van der Waals surface area contributed by atoms with Crippen LogP contribution in [0.15, 0.2) is 36.2 Å². The normalized spacial score (nSPS) is 29.3. The van der Waals surface area contributed by atoms with Gasteiger partial charge in [0, 0.05) is 57.2 Å². The molecule has 3 aliphatic rings. The van der Waals surface area contributed by atoms with Crippen LogP contribution >= 0.6 is 0 Å². The fourth-order valence-electron chi connectivity index (χ4n) is 4.88. The SMILES string of the molecule is CO[C@H]1CCN(C(=O)C2=CCCCC2)[C@@H]2CN(Cc3cccnc3)C[C@H]12. The minimum atomic E-state index is 0.253. The Labute approximate surface area is 156 Å². The molecule has 2 aliphatic heterocycles. The summed E-state index contributed by atoms with van der Waals surface area (Å²) in [5.74, 6) is 0.677. The van der Waals surface area contributed by atoms with Crippen molar-refractivity contribution in [3.8, 4) is 0 Å². The number of hydrogen-bond acceptors (Lipinski definition) is 4. The van der Waals surface area contributed by atoms with Crippen molar-refractivity contribution in [2.75, 3.05) is 26.7 Å². The molecule has 1 aromatic heterocycles. The second kappa shape index (κ2) is 7.89. The molecule has 4 rings (SSSR count). The van der Waals surface area contributed by atoms with Crippen molar-refractivity contribution in [1.29, 1.82) is 0 Å². The zero-order chi connectivity index (χ0) is 17.9. The lowest BCUT2D eigenvalue weighted by molar-refractivity contribution is -0.134. The average molecular weight is 355 g/mol. The van der Waals surface area contributed by atoms with Crippen LogP contribution in [0.5, 0.6) is 0 Å². The highest BCUT2D eigenvalue weighted by molar-refractivity contribution is 5.94. The molecule has 0 saturated carbocycles. The van der Waals surface area contributed by atoms with Crippen molar-refractivity contribution < 1.29 is 9.53 Å². The van der Waals surface area contributed by atoms with Gasteiger partial charge in [0.05, 0.1) is 12.1 Å². The first-order chi connectivity index (χ1) is 12.8. The number of fused-ring (bicyclic) bond motifs is 1. The van der Waals surface area contributed by atoms with Crippen molar-refractivity contribution in [2.24, 2.45) is 5.92 Å². The van der Waals surface area contributed by atoms with E-state index in [2.05, 4.69) is 26.9 Å². The number of aromatic nitrogens is 1. The number of carbonyl (C=O) groups excluding carboxylic acids is 1. The molecule has 5 nitrogen and oxygen atoms in total. The molecule has 0 aromatic carbocycles. The van der Waals surface area contributed by atoms with E-state index in [0.29, 0.717) is 5.92 Å². The number of methoxy groups -OCH3 is 1. The van der Waals surface area contributed by atoms with Crippen LogP contribution in [0.1, 0.15) is 37.7 Å². The number of piperidine rings is 1. The molecule has 0 radical (unpaired) electrons. The summed E-state index contributed by atoms with van der Waals surface area (Å²) in [6.45, 7) is 3.62. The highest BCUT2D eigenvalue weighted by atomic mass is 16.5. The maximum atomic E-state index is 13.1. The van der Waals surface area contributed by atoms with Gasteiger partial charge in [-0.25, -0.2) is 0 Å². The number of rotatable bonds is 4. The van der Waals surface area contributed by atoms with Crippen LogP contribution in [0.4, 0.5) is 0 Å². The van der Waals surface area contributed by atoms with E-state index in [-0.39, 0.29) is 18.1 Å². The predicted octanol–water partition coefficient (Wildman–Crippen LogP) is 2.63. The van der Waals surface area contributed by atoms with Gasteiger partial charge in [0.1, 0.15) is 0 Å². The van der Waals surface area contributed by atoms with Gasteiger partial charge in [0.25, 0.3) is 0 Å². The molecule has 2 fully saturated rings. The second-order valence-electron chi connectivity index (χ2n) is 7.82. The van der Waals surface area contributed by atoms with Gasteiger partial charge >= 0.3 is 0 Å². The quantitative estimate of drug-likeness (QED) is 0.833. The molecule has 0 unspecified atom stereocenters. The van der Waals surface area contributed by atoms with Gasteiger partial charge in [-0.15, -0.1) is 0 Å². The van der Waals surface area contributed by atoms with Crippen LogP contribution in [0, 0.1) is 5.92 Å². The molecule has 0 bridgehead atoms. The largest absolute Gasteiger partial charge is 0.381 e. The van der Waals surface area contributed by atoms with E-state index in [0.717, 1.165) is 57.4 Å². The van der Waals surface area contributed by atoms with Crippen LogP contribution in [0.3, 0.4) is 0 Å². The van der Waals surface area contributed by atoms with Crippen LogP contribution in [-0.4, -0.2) is 59.6 Å². The maximum absolute atomic E-state index is 13.1. The third kappa shape index (κ3) is 3.55. The molecule has 0 spiro atoms.